The minimum absolute atomic E-state index is 0.130. The molecule has 0 aliphatic carbocycles. The van der Waals surface area contributed by atoms with Gasteiger partial charge in [0, 0.05) is 35.6 Å². The van der Waals surface area contributed by atoms with Crippen molar-refractivity contribution in [1.82, 2.24) is 14.3 Å². The second-order valence-corrected chi connectivity index (χ2v) is 9.88. The smallest absolute Gasteiger partial charge is 0.268 e. The Labute approximate surface area is 196 Å². The number of ether oxygens (including phenoxy) is 1. The summed E-state index contributed by atoms with van der Waals surface area (Å²) in [5.74, 6) is 0.437. The average molecular weight is 490 g/mol. The maximum atomic E-state index is 13.5. The van der Waals surface area contributed by atoms with E-state index < -0.39 is 10.0 Å². The summed E-state index contributed by atoms with van der Waals surface area (Å²) in [6.45, 7) is 0.530. The Morgan fingerprint density at radius 1 is 1.06 bits per heavy atom. The second-order valence-electron chi connectivity index (χ2n) is 7.27. The molecule has 4 rings (SSSR count). The van der Waals surface area contributed by atoms with Gasteiger partial charge in [0.1, 0.15) is 5.15 Å². The molecule has 0 bridgehead atoms. The zero-order chi connectivity index (χ0) is 22.9. The van der Waals surface area contributed by atoms with Gasteiger partial charge >= 0.3 is 0 Å². The van der Waals surface area contributed by atoms with Gasteiger partial charge in [-0.1, -0.05) is 47.5 Å². The number of rotatable bonds is 7. The SMILES string of the molecule is CNCc1cn(S(=O)(=O)c2cccc(Cl)c2)c2cc(Cc3ccc(OC)nc3Cl)ccc12. The van der Waals surface area contributed by atoms with Crippen LogP contribution in [0.5, 0.6) is 5.88 Å². The van der Waals surface area contributed by atoms with Gasteiger partial charge in [-0.05, 0) is 48.0 Å². The van der Waals surface area contributed by atoms with Gasteiger partial charge in [0.05, 0.1) is 17.5 Å². The average Bonchev–Trinajstić information content (AvgIpc) is 3.14. The molecule has 0 saturated heterocycles. The number of nitrogens with one attached hydrogen (secondary N) is 1. The van der Waals surface area contributed by atoms with E-state index in [1.165, 1.54) is 23.2 Å². The van der Waals surface area contributed by atoms with Crippen LogP contribution in [0, 0.1) is 0 Å². The lowest BCUT2D eigenvalue weighted by molar-refractivity contribution is 0.397. The maximum absolute atomic E-state index is 13.5. The van der Waals surface area contributed by atoms with Gasteiger partial charge in [-0.15, -0.1) is 0 Å². The van der Waals surface area contributed by atoms with Crippen LogP contribution in [0.15, 0.2) is 65.7 Å². The Morgan fingerprint density at radius 3 is 2.56 bits per heavy atom. The van der Waals surface area contributed by atoms with Gasteiger partial charge in [0.25, 0.3) is 10.0 Å². The van der Waals surface area contributed by atoms with E-state index in [2.05, 4.69) is 10.3 Å². The van der Waals surface area contributed by atoms with E-state index >= 15 is 0 Å². The van der Waals surface area contributed by atoms with E-state index in [1.807, 2.05) is 31.3 Å². The third-order valence-electron chi connectivity index (χ3n) is 5.14. The first kappa shape index (κ1) is 22.6. The highest BCUT2D eigenvalue weighted by Crippen LogP contribution is 2.29. The fourth-order valence-electron chi connectivity index (χ4n) is 3.60. The molecule has 2 aromatic heterocycles. The van der Waals surface area contributed by atoms with E-state index in [0.29, 0.717) is 34.5 Å². The lowest BCUT2D eigenvalue weighted by atomic mass is 10.0. The summed E-state index contributed by atoms with van der Waals surface area (Å²) in [5, 5.41) is 4.66. The predicted molar refractivity (Wildman–Crippen MR) is 127 cm³/mol. The zero-order valence-corrected chi connectivity index (χ0v) is 19.8. The normalized spacial score (nSPS) is 11.8. The molecular weight excluding hydrogens is 469 g/mol. The van der Waals surface area contributed by atoms with E-state index in [4.69, 9.17) is 27.9 Å². The molecule has 0 aliphatic rings. The Balaban J connectivity index is 1.83. The molecule has 0 unspecified atom stereocenters. The highest BCUT2D eigenvalue weighted by atomic mass is 35.5. The highest BCUT2D eigenvalue weighted by molar-refractivity contribution is 7.90. The highest BCUT2D eigenvalue weighted by Gasteiger charge is 2.22. The van der Waals surface area contributed by atoms with Crippen molar-refractivity contribution in [3.05, 3.63) is 87.7 Å². The van der Waals surface area contributed by atoms with Crippen molar-refractivity contribution < 1.29 is 13.2 Å². The number of fused-ring (bicyclic) bond motifs is 1. The van der Waals surface area contributed by atoms with Gasteiger partial charge in [0.15, 0.2) is 0 Å². The van der Waals surface area contributed by atoms with Crippen LogP contribution in [0.25, 0.3) is 10.9 Å². The van der Waals surface area contributed by atoms with Gasteiger partial charge in [-0.2, -0.15) is 0 Å². The summed E-state index contributed by atoms with van der Waals surface area (Å²) in [4.78, 5) is 4.33. The molecular formula is C23H21Cl2N3O3S. The van der Waals surface area contributed by atoms with Crippen molar-refractivity contribution >= 4 is 44.1 Å². The number of methoxy groups -OCH3 is 1. The monoisotopic (exact) mass is 489 g/mol. The molecule has 1 N–H and O–H groups in total. The Hall–Kier alpha value is -2.58. The fourth-order valence-corrected chi connectivity index (χ4v) is 5.50. The van der Waals surface area contributed by atoms with Crippen LogP contribution in [0.1, 0.15) is 16.7 Å². The molecule has 2 aromatic carbocycles. The number of benzene rings is 2. The third-order valence-corrected chi connectivity index (χ3v) is 7.37. The minimum Gasteiger partial charge on any atom is -0.481 e. The van der Waals surface area contributed by atoms with Crippen LogP contribution in [-0.4, -0.2) is 31.5 Å². The largest absolute Gasteiger partial charge is 0.481 e. The summed E-state index contributed by atoms with van der Waals surface area (Å²) in [5.41, 5.74) is 3.19. The first-order valence-electron chi connectivity index (χ1n) is 9.81. The number of halogens is 2. The predicted octanol–water partition coefficient (Wildman–Crippen LogP) is 4.90. The third kappa shape index (κ3) is 4.34. The van der Waals surface area contributed by atoms with E-state index in [0.717, 1.165) is 22.1 Å². The summed E-state index contributed by atoms with van der Waals surface area (Å²) in [6, 6.07) is 15.6. The topological polar surface area (TPSA) is 73.2 Å². The fraction of sp³-hybridized carbons (Fsp3) is 0.174. The summed E-state index contributed by atoms with van der Waals surface area (Å²) < 4.78 is 33.3. The van der Waals surface area contributed by atoms with Crippen LogP contribution in [0.4, 0.5) is 0 Å². The van der Waals surface area contributed by atoms with Crippen LogP contribution in [0.2, 0.25) is 10.2 Å². The Kier molecular flexibility index (Phi) is 6.44. The van der Waals surface area contributed by atoms with Gasteiger partial charge < -0.3 is 10.1 Å². The van der Waals surface area contributed by atoms with E-state index in [-0.39, 0.29) is 4.90 Å². The number of hydrogen-bond donors (Lipinski definition) is 1. The van der Waals surface area contributed by atoms with Crippen molar-refractivity contribution in [3.63, 3.8) is 0 Å². The van der Waals surface area contributed by atoms with Crippen LogP contribution in [-0.2, 0) is 23.0 Å². The number of nitrogens with zero attached hydrogens (tertiary/aromatic N) is 2. The van der Waals surface area contributed by atoms with Crippen molar-refractivity contribution in [2.45, 2.75) is 17.9 Å². The molecule has 0 radical (unpaired) electrons. The molecule has 2 heterocycles. The van der Waals surface area contributed by atoms with E-state index in [9.17, 15) is 8.42 Å². The van der Waals surface area contributed by atoms with Crippen LogP contribution >= 0.6 is 23.2 Å². The quantitative estimate of drug-likeness (QED) is 0.373. The van der Waals surface area contributed by atoms with Gasteiger partial charge in [-0.3, -0.25) is 0 Å². The number of hydrogen-bond acceptors (Lipinski definition) is 5. The lowest BCUT2D eigenvalue weighted by Gasteiger charge is -2.10. The maximum Gasteiger partial charge on any atom is 0.268 e. The first-order valence-corrected chi connectivity index (χ1v) is 12.0. The second kappa shape index (κ2) is 9.11. The molecule has 32 heavy (non-hydrogen) atoms. The van der Waals surface area contributed by atoms with Gasteiger partial charge in [0.2, 0.25) is 5.88 Å². The van der Waals surface area contributed by atoms with Crippen LogP contribution < -0.4 is 10.1 Å². The van der Waals surface area contributed by atoms with Crippen molar-refractivity contribution in [1.29, 1.82) is 0 Å². The Bertz CT molecular complexity index is 1400. The molecule has 0 amide bonds. The molecule has 6 nitrogen and oxygen atoms in total. The number of pyridine rings is 1. The summed E-state index contributed by atoms with van der Waals surface area (Å²) in [6.07, 6.45) is 2.15. The van der Waals surface area contributed by atoms with Crippen molar-refractivity contribution in [3.8, 4) is 5.88 Å². The lowest BCUT2D eigenvalue weighted by Crippen LogP contribution is -2.12. The van der Waals surface area contributed by atoms with Gasteiger partial charge in [-0.25, -0.2) is 17.4 Å². The first-order chi connectivity index (χ1) is 15.3. The molecule has 166 valence electrons. The molecule has 0 aliphatic heterocycles. The molecule has 0 spiro atoms. The molecule has 0 atom stereocenters. The van der Waals surface area contributed by atoms with Crippen LogP contribution in [0.3, 0.4) is 0 Å². The standard InChI is InChI=1S/C23H21Cl2N3O3S/c1-26-13-17-14-28(32(29,30)19-5-3-4-18(24)12-19)21-11-15(6-8-20(17)21)10-16-7-9-22(31-2)27-23(16)25/h3-9,11-12,14,26H,10,13H2,1-2H3. The molecule has 0 saturated carbocycles. The van der Waals surface area contributed by atoms with Crippen molar-refractivity contribution in [2.24, 2.45) is 0 Å². The molecule has 0 fully saturated rings. The zero-order valence-electron chi connectivity index (χ0n) is 17.5. The van der Waals surface area contributed by atoms with E-state index in [1.54, 1.807) is 24.4 Å². The Morgan fingerprint density at radius 2 is 1.88 bits per heavy atom. The number of aromatic nitrogens is 2. The summed E-state index contributed by atoms with van der Waals surface area (Å²) in [7, 11) is -0.490. The molecule has 4 aromatic rings. The van der Waals surface area contributed by atoms with Crippen molar-refractivity contribution in [2.75, 3.05) is 14.2 Å². The molecule has 9 heteroatoms. The summed E-state index contributed by atoms with van der Waals surface area (Å²) >= 11 is 12.4. The minimum atomic E-state index is -3.84.